The van der Waals surface area contributed by atoms with Gasteiger partial charge in [-0.3, -0.25) is 10.2 Å². The zero-order valence-electron chi connectivity index (χ0n) is 5.74. The van der Waals surface area contributed by atoms with Gasteiger partial charge in [0.25, 0.3) is 5.91 Å². The van der Waals surface area contributed by atoms with Gasteiger partial charge in [-0.1, -0.05) is 12.1 Å². The molecule has 1 aromatic carbocycles. The van der Waals surface area contributed by atoms with Crippen LogP contribution < -0.4 is 11.3 Å². The van der Waals surface area contributed by atoms with Crippen molar-refractivity contribution < 1.29 is 4.79 Å². The van der Waals surface area contributed by atoms with Crippen molar-refractivity contribution in [2.75, 3.05) is 0 Å². The van der Waals surface area contributed by atoms with Crippen LogP contribution >= 0.6 is 12.6 Å². The van der Waals surface area contributed by atoms with Gasteiger partial charge in [-0.15, -0.1) is 12.6 Å². The fourth-order valence-corrected chi connectivity index (χ4v) is 1.01. The van der Waals surface area contributed by atoms with E-state index < -0.39 is 0 Å². The lowest BCUT2D eigenvalue weighted by Gasteiger charge is -2.00. The molecule has 3 N–H and O–H groups in total. The molecule has 0 saturated heterocycles. The summed E-state index contributed by atoms with van der Waals surface area (Å²) in [6, 6.07) is 6.94. The Morgan fingerprint density at radius 2 is 2.09 bits per heavy atom. The van der Waals surface area contributed by atoms with Gasteiger partial charge in [0.2, 0.25) is 0 Å². The summed E-state index contributed by atoms with van der Waals surface area (Å²) in [7, 11) is 0. The maximum atomic E-state index is 10.9. The molecule has 1 amide bonds. The van der Waals surface area contributed by atoms with Gasteiger partial charge in [-0.2, -0.15) is 0 Å². The van der Waals surface area contributed by atoms with E-state index in [0.29, 0.717) is 10.5 Å². The second-order valence-corrected chi connectivity index (χ2v) is 2.47. The van der Waals surface area contributed by atoms with Gasteiger partial charge >= 0.3 is 0 Å². The Kier molecular flexibility index (Phi) is 2.51. The molecule has 0 radical (unpaired) electrons. The first kappa shape index (κ1) is 8.10. The van der Waals surface area contributed by atoms with Crippen LogP contribution in [0.1, 0.15) is 10.4 Å². The zero-order valence-corrected chi connectivity index (χ0v) is 6.64. The number of hydrazine groups is 1. The molecular formula is C7H8N2OS. The molecule has 3 nitrogen and oxygen atoms in total. The monoisotopic (exact) mass is 168 g/mol. The Morgan fingerprint density at radius 3 is 2.64 bits per heavy atom. The first-order valence-corrected chi connectivity index (χ1v) is 3.49. The van der Waals surface area contributed by atoms with Crippen LogP contribution in [0.5, 0.6) is 0 Å². The molecule has 0 heterocycles. The van der Waals surface area contributed by atoms with E-state index in [9.17, 15) is 4.79 Å². The molecule has 0 aliphatic carbocycles. The SMILES string of the molecule is NNC(=O)c1ccccc1S. The summed E-state index contributed by atoms with van der Waals surface area (Å²) in [5, 5.41) is 0. The molecule has 0 aromatic heterocycles. The van der Waals surface area contributed by atoms with E-state index in [2.05, 4.69) is 12.6 Å². The number of hydrogen-bond donors (Lipinski definition) is 3. The zero-order chi connectivity index (χ0) is 8.27. The van der Waals surface area contributed by atoms with Gasteiger partial charge in [0.05, 0.1) is 5.56 Å². The third-order valence-corrected chi connectivity index (χ3v) is 1.67. The highest BCUT2D eigenvalue weighted by atomic mass is 32.1. The minimum absolute atomic E-state index is 0.324. The molecule has 0 saturated carbocycles. The lowest BCUT2D eigenvalue weighted by atomic mass is 10.2. The Labute approximate surface area is 70.0 Å². The number of hydrogen-bond acceptors (Lipinski definition) is 3. The Hall–Kier alpha value is -1.00. The van der Waals surface area contributed by atoms with Crippen LogP contribution in [0.15, 0.2) is 29.2 Å². The molecule has 0 atom stereocenters. The first-order chi connectivity index (χ1) is 5.25. The third kappa shape index (κ3) is 1.72. The van der Waals surface area contributed by atoms with Gasteiger partial charge in [-0.25, -0.2) is 5.84 Å². The van der Waals surface area contributed by atoms with Crippen molar-refractivity contribution in [3.8, 4) is 0 Å². The summed E-state index contributed by atoms with van der Waals surface area (Å²) in [5.41, 5.74) is 2.52. The molecule has 0 spiro atoms. The minimum Gasteiger partial charge on any atom is -0.290 e. The maximum absolute atomic E-state index is 10.9. The Bertz CT molecular complexity index is 275. The molecule has 1 aromatic rings. The molecular weight excluding hydrogens is 160 g/mol. The molecule has 11 heavy (non-hydrogen) atoms. The largest absolute Gasteiger partial charge is 0.290 e. The van der Waals surface area contributed by atoms with E-state index in [4.69, 9.17) is 5.84 Å². The van der Waals surface area contributed by atoms with Crippen LogP contribution in [-0.4, -0.2) is 5.91 Å². The first-order valence-electron chi connectivity index (χ1n) is 3.04. The molecule has 0 bridgehead atoms. The van der Waals surface area contributed by atoms with E-state index in [1.54, 1.807) is 24.3 Å². The molecule has 0 fully saturated rings. The van der Waals surface area contributed by atoms with Crippen molar-refractivity contribution in [3.63, 3.8) is 0 Å². The molecule has 4 heteroatoms. The fourth-order valence-electron chi connectivity index (χ4n) is 0.743. The lowest BCUT2D eigenvalue weighted by Crippen LogP contribution is -2.30. The Balaban J connectivity index is 3.03. The van der Waals surface area contributed by atoms with Gasteiger partial charge in [0, 0.05) is 4.90 Å². The highest BCUT2D eigenvalue weighted by Gasteiger charge is 2.04. The number of nitrogens with two attached hydrogens (primary N) is 1. The van der Waals surface area contributed by atoms with Gasteiger partial charge in [0.15, 0.2) is 0 Å². The maximum Gasteiger partial charge on any atom is 0.266 e. The van der Waals surface area contributed by atoms with Crippen LogP contribution in [0.3, 0.4) is 0 Å². The van der Waals surface area contributed by atoms with Crippen molar-refractivity contribution in [1.29, 1.82) is 0 Å². The van der Waals surface area contributed by atoms with Crippen molar-refractivity contribution in [3.05, 3.63) is 29.8 Å². The number of thiol groups is 1. The fraction of sp³-hybridized carbons (Fsp3) is 0. The summed E-state index contributed by atoms with van der Waals surface area (Å²) < 4.78 is 0. The van der Waals surface area contributed by atoms with Crippen LogP contribution in [0.4, 0.5) is 0 Å². The second kappa shape index (κ2) is 3.41. The summed E-state index contributed by atoms with van der Waals surface area (Å²) in [4.78, 5) is 11.6. The summed E-state index contributed by atoms with van der Waals surface area (Å²) in [6.07, 6.45) is 0. The van der Waals surface area contributed by atoms with E-state index in [0.717, 1.165) is 0 Å². The van der Waals surface area contributed by atoms with Crippen molar-refractivity contribution in [2.24, 2.45) is 5.84 Å². The third-order valence-electron chi connectivity index (χ3n) is 1.28. The van der Waals surface area contributed by atoms with Gasteiger partial charge in [-0.05, 0) is 12.1 Å². The molecule has 0 aliphatic heterocycles. The van der Waals surface area contributed by atoms with Crippen molar-refractivity contribution in [1.82, 2.24) is 5.43 Å². The van der Waals surface area contributed by atoms with Gasteiger partial charge < -0.3 is 0 Å². The van der Waals surface area contributed by atoms with E-state index in [-0.39, 0.29) is 5.91 Å². The average molecular weight is 168 g/mol. The average Bonchev–Trinajstić information content (AvgIpc) is 2.04. The smallest absolute Gasteiger partial charge is 0.266 e. The second-order valence-electron chi connectivity index (χ2n) is 1.99. The molecule has 1 rings (SSSR count). The number of carbonyl (C=O) groups is 1. The molecule has 0 aliphatic rings. The summed E-state index contributed by atoms with van der Waals surface area (Å²) in [6.45, 7) is 0. The van der Waals surface area contributed by atoms with E-state index in [1.807, 2.05) is 5.43 Å². The van der Waals surface area contributed by atoms with E-state index >= 15 is 0 Å². The van der Waals surface area contributed by atoms with Crippen molar-refractivity contribution in [2.45, 2.75) is 4.90 Å². The predicted molar refractivity (Wildman–Crippen MR) is 45.3 cm³/mol. The number of rotatable bonds is 1. The summed E-state index contributed by atoms with van der Waals surface area (Å²) in [5.74, 6) is 4.62. The molecule has 0 unspecified atom stereocenters. The van der Waals surface area contributed by atoms with Crippen molar-refractivity contribution >= 4 is 18.5 Å². The topological polar surface area (TPSA) is 55.1 Å². The number of nitrogens with one attached hydrogen (secondary N) is 1. The lowest BCUT2D eigenvalue weighted by molar-refractivity contribution is 0.0951. The van der Waals surface area contributed by atoms with Crippen LogP contribution in [0, 0.1) is 0 Å². The number of amides is 1. The normalized spacial score (nSPS) is 9.27. The number of nitrogen functional groups attached to an aromatic ring is 1. The number of benzene rings is 1. The minimum atomic E-state index is -0.324. The van der Waals surface area contributed by atoms with Crippen LogP contribution in [0.2, 0.25) is 0 Å². The highest BCUT2D eigenvalue weighted by molar-refractivity contribution is 7.80. The van der Waals surface area contributed by atoms with Crippen LogP contribution in [0.25, 0.3) is 0 Å². The highest BCUT2D eigenvalue weighted by Crippen LogP contribution is 2.11. The van der Waals surface area contributed by atoms with Crippen LogP contribution in [-0.2, 0) is 0 Å². The molecule has 58 valence electrons. The van der Waals surface area contributed by atoms with E-state index in [1.165, 1.54) is 0 Å². The summed E-state index contributed by atoms with van der Waals surface area (Å²) >= 11 is 4.07. The number of carbonyl (C=O) groups excluding carboxylic acids is 1. The predicted octanol–water partition coefficient (Wildman–Crippen LogP) is 0.579. The standard InChI is InChI=1S/C7H8N2OS/c8-9-7(10)5-3-1-2-4-6(5)11/h1-4,11H,8H2,(H,9,10). The Morgan fingerprint density at radius 1 is 1.45 bits per heavy atom. The van der Waals surface area contributed by atoms with Gasteiger partial charge in [0.1, 0.15) is 0 Å². The quantitative estimate of drug-likeness (QED) is 0.249.